The fraction of sp³-hybridized carbons (Fsp3) is 0.474. The van der Waals surface area contributed by atoms with Crippen molar-refractivity contribution in [2.24, 2.45) is 5.10 Å². The van der Waals surface area contributed by atoms with Crippen LogP contribution in [0.5, 0.6) is 5.75 Å². The van der Waals surface area contributed by atoms with Gasteiger partial charge in [-0.1, -0.05) is 0 Å². The molecule has 0 bridgehead atoms. The Morgan fingerprint density at radius 1 is 1.00 bits per heavy atom. The zero-order valence-corrected chi connectivity index (χ0v) is 15.9. The molecule has 1 aromatic carbocycles. The first-order chi connectivity index (χ1) is 12.9. The van der Waals surface area contributed by atoms with Crippen molar-refractivity contribution in [2.45, 2.75) is 26.7 Å². The average molecular weight is 372 g/mol. The number of carbonyl (C=O) groups is 3. The fourth-order valence-corrected chi connectivity index (χ4v) is 3.22. The number of rotatable bonds is 3. The van der Waals surface area contributed by atoms with Crippen LogP contribution in [0.3, 0.4) is 0 Å². The normalized spacial score (nSPS) is 17.3. The van der Waals surface area contributed by atoms with E-state index in [4.69, 9.17) is 4.74 Å². The van der Waals surface area contributed by atoms with Gasteiger partial charge in [0.05, 0.1) is 12.7 Å². The van der Waals surface area contributed by atoms with Crippen molar-refractivity contribution in [1.82, 2.24) is 15.2 Å². The number of methoxy groups -OCH3 is 1. The van der Waals surface area contributed by atoms with Gasteiger partial charge in [0.1, 0.15) is 11.5 Å². The molecule has 1 aromatic rings. The van der Waals surface area contributed by atoms with E-state index in [1.807, 2.05) is 26.0 Å². The molecule has 0 saturated carbocycles. The van der Waals surface area contributed by atoms with Crippen molar-refractivity contribution in [3.63, 3.8) is 0 Å². The summed E-state index contributed by atoms with van der Waals surface area (Å²) in [5.41, 5.74) is 5.35. The Morgan fingerprint density at radius 2 is 1.59 bits per heavy atom. The lowest BCUT2D eigenvalue weighted by Crippen LogP contribution is -2.52. The van der Waals surface area contributed by atoms with Crippen LogP contribution in [-0.2, 0) is 9.59 Å². The van der Waals surface area contributed by atoms with Crippen molar-refractivity contribution in [1.29, 1.82) is 0 Å². The van der Waals surface area contributed by atoms with Gasteiger partial charge in [0.25, 0.3) is 11.8 Å². The quantitative estimate of drug-likeness (QED) is 0.852. The first kappa shape index (κ1) is 18.9. The predicted molar refractivity (Wildman–Crippen MR) is 99.8 cm³/mol. The number of hydrogen-bond acceptors (Lipinski definition) is 5. The first-order valence-corrected chi connectivity index (χ1v) is 9.00. The molecule has 1 saturated heterocycles. The number of hydrazone groups is 1. The summed E-state index contributed by atoms with van der Waals surface area (Å²) in [5.74, 6) is 0.119. The van der Waals surface area contributed by atoms with Gasteiger partial charge in [0.2, 0.25) is 5.91 Å². The summed E-state index contributed by atoms with van der Waals surface area (Å²) in [6.07, 6.45) is 0.624. The minimum atomic E-state index is -0.177. The number of nitrogens with one attached hydrogen (secondary N) is 1. The number of amides is 3. The van der Waals surface area contributed by atoms with Crippen LogP contribution in [0.25, 0.3) is 0 Å². The number of piperazine rings is 1. The Hall–Kier alpha value is -2.90. The zero-order valence-electron chi connectivity index (χ0n) is 15.9. The van der Waals surface area contributed by atoms with Crippen LogP contribution in [-0.4, -0.2) is 66.5 Å². The number of carbonyl (C=O) groups excluding carboxylic acids is 3. The number of hydrogen-bond donors (Lipinski definition) is 1. The molecular weight excluding hydrogens is 348 g/mol. The molecule has 2 aliphatic rings. The molecule has 8 nitrogen and oxygen atoms in total. The van der Waals surface area contributed by atoms with Gasteiger partial charge < -0.3 is 14.5 Å². The maximum Gasteiger partial charge on any atom is 0.270 e. The van der Waals surface area contributed by atoms with Gasteiger partial charge in [0, 0.05) is 39.0 Å². The highest BCUT2D eigenvalue weighted by Gasteiger charge is 2.29. The Kier molecular flexibility index (Phi) is 5.43. The highest BCUT2D eigenvalue weighted by molar-refractivity contribution is 6.39. The summed E-state index contributed by atoms with van der Waals surface area (Å²) in [4.78, 5) is 40.0. The molecule has 2 aliphatic heterocycles. The molecular formula is C19H24N4O4. The second kappa shape index (κ2) is 7.77. The average Bonchev–Trinajstić information content (AvgIpc) is 2.69. The lowest BCUT2D eigenvalue weighted by atomic mass is 10.0. The van der Waals surface area contributed by atoms with E-state index in [0.717, 1.165) is 11.1 Å². The van der Waals surface area contributed by atoms with Gasteiger partial charge in [-0.15, -0.1) is 0 Å². The van der Waals surface area contributed by atoms with Gasteiger partial charge in [-0.25, -0.2) is 5.43 Å². The van der Waals surface area contributed by atoms with Crippen molar-refractivity contribution < 1.29 is 19.1 Å². The van der Waals surface area contributed by atoms with Gasteiger partial charge in [-0.2, -0.15) is 5.10 Å². The van der Waals surface area contributed by atoms with E-state index in [0.29, 0.717) is 49.6 Å². The summed E-state index contributed by atoms with van der Waals surface area (Å²) >= 11 is 0. The van der Waals surface area contributed by atoms with E-state index in [1.54, 1.807) is 16.9 Å². The molecule has 1 N–H and O–H groups in total. The van der Waals surface area contributed by atoms with E-state index in [1.165, 1.54) is 0 Å². The third-order valence-electron chi connectivity index (χ3n) is 5.05. The maximum absolute atomic E-state index is 12.9. The Labute approximate surface area is 158 Å². The van der Waals surface area contributed by atoms with Crippen LogP contribution >= 0.6 is 0 Å². The minimum absolute atomic E-state index is 0.0932. The smallest absolute Gasteiger partial charge is 0.270 e. The molecule has 27 heavy (non-hydrogen) atoms. The molecule has 0 atom stereocenters. The first-order valence-electron chi connectivity index (χ1n) is 9.00. The monoisotopic (exact) mass is 372 g/mol. The molecule has 8 heteroatoms. The van der Waals surface area contributed by atoms with E-state index in [2.05, 4.69) is 10.5 Å². The SMILES string of the molecule is COc1cc(C)c(C)cc1C(=O)N1CCN(C(=O)C2=NNC(=O)CC2)CC1. The lowest BCUT2D eigenvalue weighted by Gasteiger charge is -2.35. The van der Waals surface area contributed by atoms with Crippen LogP contribution in [0.2, 0.25) is 0 Å². The summed E-state index contributed by atoms with van der Waals surface area (Å²) < 4.78 is 5.38. The standard InChI is InChI=1S/C19H24N4O4/c1-12-10-14(16(27-3)11-13(12)2)18(25)22-6-8-23(9-7-22)19(26)15-4-5-17(24)21-20-15/h10-11H,4-9H2,1-3H3,(H,21,24). The second-order valence-electron chi connectivity index (χ2n) is 6.81. The fourth-order valence-electron chi connectivity index (χ4n) is 3.22. The topological polar surface area (TPSA) is 91.3 Å². The van der Waals surface area contributed by atoms with Crippen molar-refractivity contribution in [3.05, 3.63) is 28.8 Å². The predicted octanol–water partition coefficient (Wildman–Crippen LogP) is 0.862. The third-order valence-corrected chi connectivity index (χ3v) is 5.05. The molecule has 144 valence electrons. The van der Waals surface area contributed by atoms with E-state index in [-0.39, 0.29) is 24.1 Å². The van der Waals surface area contributed by atoms with Gasteiger partial charge in [-0.3, -0.25) is 14.4 Å². The molecule has 0 aliphatic carbocycles. The summed E-state index contributed by atoms with van der Waals surface area (Å²) in [6, 6.07) is 3.73. The second-order valence-corrected chi connectivity index (χ2v) is 6.81. The molecule has 1 fully saturated rings. The molecule has 0 spiro atoms. The highest BCUT2D eigenvalue weighted by Crippen LogP contribution is 2.25. The van der Waals surface area contributed by atoms with Crippen LogP contribution in [0.4, 0.5) is 0 Å². The number of nitrogens with zero attached hydrogens (tertiary/aromatic N) is 3. The lowest BCUT2D eigenvalue weighted by molar-refractivity contribution is -0.126. The molecule has 0 aromatic heterocycles. The highest BCUT2D eigenvalue weighted by atomic mass is 16.5. The number of benzene rings is 1. The molecule has 3 amide bonds. The molecule has 0 unspecified atom stereocenters. The van der Waals surface area contributed by atoms with Crippen molar-refractivity contribution >= 4 is 23.4 Å². The van der Waals surface area contributed by atoms with Crippen molar-refractivity contribution in [2.75, 3.05) is 33.3 Å². The van der Waals surface area contributed by atoms with Gasteiger partial charge in [0.15, 0.2) is 0 Å². The number of ether oxygens (including phenoxy) is 1. The summed E-state index contributed by atoms with van der Waals surface area (Å²) in [7, 11) is 1.56. The summed E-state index contributed by atoms with van der Waals surface area (Å²) in [6.45, 7) is 5.70. The zero-order chi connectivity index (χ0) is 19.6. The maximum atomic E-state index is 12.9. The van der Waals surface area contributed by atoms with Crippen LogP contribution in [0, 0.1) is 13.8 Å². The van der Waals surface area contributed by atoms with E-state index < -0.39 is 0 Å². The Morgan fingerprint density at radius 3 is 2.15 bits per heavy atom. The third kappa shape index (κ3) is 3.94. The van der Waals surface area contributed by atoms with Crippen LogP contribution in [0.1, 0.15) is 34.3 Å². The van der Waals surface area contributed by atoms with E-state index >= 15 is 0 Å². The Bertz CT molecular complexity index is 810. The molecule has 3 rings (SSSR count). The van der Waals surface area contributed by atoms with E-state index in [9.17, 15) is 14.4 Å². The number of aryl methyl sites for hydroxylation is 2. The van der Waals surface area contributed by atoms with Gasteiger partial charge in [-0.05, 0) is 37.1 Å². The molecule has 2 heterocycles. The minimum Gasteiger partial charge on any atom is -0.496 e. The molecule has 0 radical (unpaired) electrons. The van der Waals surface area contributed by atoms with Crippen LogP contribution in [0.15, 0.2) is 17.2 Å². The Balaban J connectivity index is 1.65. The largest absolute Gasteiger partial charge is 0.496 e. The van der Waals surface area contributed by atoms with Crippen LogP contribution < -0.4 is 10.2 Å². The van der Waals surface area contributed by atoms with Crippen molar-refractivity contribution in [3.8, 4) is 5.75 Å². The summed E-state index contributed by atoms with van der Waals surface area (Å²) in [5, 5.41) is 3.86. The van der Waals surface area contributed by atoms with Gasteiger partial charge >= 0.3 is 0 Å².